The maximum atomic E-state index is 12.3. The lowest BCUT2D eigenvalue weighted by molar-refractivity contribution is -0.146. The van der Waals surface area contributed by atoms with E-state index in [1.54, 1.807) is 0 Å². The smallest absolute Gasteiger partial charge is 0.320 e. The molecule has 156 valence electrons. The fourth-order valence-corrected chi connectivity index (χ4v) is 4.62. The number of rotatable bonds is 8. The molecule has 5 nitrogen and oxygen atoms in total. The third-order valence-corrected chi connectivity index (χ3v) is 10.5. The Bertz CT molecular complexity index is 675. The van der Waals surface area contributed by atoms with Crippen molar-refractivity contribution in [2.24, 2.45) is 0 Å². The minimum Gasteiger partial charge on any atom is -0.460 e. The van der Waals surface area contributed by atoms with Crippen molar-refractivity contribution in [3.05, 3.63) is 35.9 Å². The molecule has 1 unspecified atom stereocenters. The Hall–Kier alpha value is -1.21. The maximum Gasteiger partial charge on any atom is 0.320 e. The Morgan fingerprint density at radius 2 is 1.86 bits per heavy atom. The first-order valence-electron chi connectivity index (χ1n) is 9.73. The van der Waals surface area contributed by atoms with Crippen LogP contribution in [0.1, 0.15) is 32.8 Å². The van der Waals surface area contributed by atoms with Crippen molar-refractivity contribution in [3.63, 3.8) is 0 Å². The second-order valence-electron chi connectivity index (χ2n) is 8.93. The molecule has 0 N–H and O–H groups in total. The molecule has 1 aromatic rings. The molecule has 0 saturated carbocycles. The Morgan fingerprint density at radius 3 is 2.43 bits per heavy atom. The summed E-state index contributed by atoms with van der Waals surface area (Å²) in [6, 6.07) is 9.15. The number of esters is 1. The number of benzene rings is 1. The van der Waals surface area contributed by atoms with E-state index in [1.807, 2.05) is 35.2 Å². The summed E-state index contributed by atoms with van der Waals surface area (Å²) >= 11 is 5.80. The van der Waals surface area contributed by atoms with Gasteiger partial charge in [-0.05, 0) is 30.1 Å². The van der Waals surface area contributed by atoms with Crippen molar-refractivity contribution in [2.75, 3.05) is 19.0 Å². The molecule has 0 amide bonds. The van der Waals surface area contributed by atoms with Gasteiger partial charge in [0.15, 0.2) is 14.1 Å². The van der Waals surface area contributed by atoms with Crippen LogP contribution in [-0.4, -0.2) is 56.1 Å². The maximum absolute atomic E-state index is 12.3. The number of ether oxygens (including phenoxy) is 1. The number of carbonyl (C=O) groups excluding carboxylic acids is 2. The normalized spacial score (nSPS) is 20.9. The highest BCUT2D eigenvalue weighted by Gasteiger charge is 2.44. The van der Waals surface area contributed by atoms with Gasteiger partial charge in [-0.3, -0.25) is 14.5 Å². The highest BCUT2D eigenvalue weighted by atomic mass is 35.5. The number of hydrogen-bond donors (Lipinski definition) is 0. The summed E-state index contributed by atoms with van der Waals surface area (Å²) in [6.07, 6.45) is 0.504. The predicted octanol–water partition coefficient (Wildman–Crippen LogP) is 4.00. The predicted molar refractivity (Wildman–Crippen MR) is 114 cm³/mol. The van der Waals surface area contributed by atoms with Gasteiger partial charge in [-0.15, -0.1) is 11.6 Å². The van der Waals surface area contributed by atoms with Crippen LogP contribution in [0.5, 0.6) is 0 Å². The van der Waals surface area contributed by atoms with Gasteiger partial charge in [-0.2, -0.15) is 0 Å². The zero-order valence-corrected chi connectivity index (χ0v) is 19.3. The highest BCUT2D eigenvalue weighted by Crippen LogP contribution is 2.39. The van der Waals surface area contributed by atoms with Crippen LogP contribution in [0.15, 0.2) is 30.3 Å². The summed E-state index contributed by atoms with van der Waals surface area (Å²) in [6.45, 7) is 11.8. The number of hydrogen-bond acceptors (Lipinski definition) is 5. The first-order valence-corrected chi connectivity index (χ1v) is 13.2. The zero-order valence-electron chi connectivity index (χ0n) is 17.5. The van der Waals surface area contributed by atoms with Gasteiger partial charge in [0.25, 0.3) is 0 Å². The van der Waals surface area contributed by atoms with Crippen LogP contribution in [0.4, 0.5) is 0 Å². The Morgan fingerprint density at radius 1 is 1.21 bits per heavy atom. The third-order valence-electron chi connectivity index (χ3n) is 5.71. The van der Waals surface area contributed by atoms with E-state index < -0.39 is 14.4 Å². The van der Waals surface area contributed by atoms with E-state index in [9.17, 15) is 9.59 Å². The lowest BCUT2D eigenvalue weighted by atomic mass is 10.1. The van der Waals surface area contributed by atoms with Gasteiger partial charge in [-0.25, -0.2) is 0 Å². The summed E-state index contributed by atoms with van der Waals surface area (Å²) in [5.74, 6) is -0.476. The molecule has 1 aliphatic rings. The van der Waals surface area contributed by atoms with E-state index in [1.165, 1.54) is 0 Å². The van der Waals surface area contributed by atoms with Gasteiger partial charge in [0.2, 0.25) is 0 Å². The minimum absolute atomic E-state index is 0.0625. The molecule has 0 bridgehead atoms. The number of Topliss-reactive ketones (excluding diaryl/α,β-unsaturated/α-hetero) is 1. The number of likely N-dealkylation sites (tertiary alicyclic amines) is 1. The van der Waals surface area contributed by atoms with Crippen LogP contribution in [-0.2, 0) is 25.4 Å². The number of carbonyl (C=O) groups is 2. The van der Waals surface area contributed by atoms with Gasteiger partial charge >= 0.3 is 5.97 Å². The molecule has 0 spiro atoms. The van der Waals surface area contributed by atoms with Crippen molar-refractivity contribution in [1.82, 2.24) is 4.90 Å². The minimum atomic E-state index is -1.96. The number of nitrogens with zero attached hydrogens (tertiary/aromatic N) is 1. The van der Waals surface area contributed by atoms with Gasteiger partial charge in [0.1, 0.15) is 6.61 Å². The van der Waals surface area contributed by atoms with Crippen molar-refractivity contribution in [1.29, 1.82) is 0 Å². The molecule has 2 atom stereocenters. The van der Waals surface area contributed by atoms with Crippen LogP contribution in [0.3, 0.4) is 0 Å². The molecular formula is C21H32ClNO4Si. The Labute approximate surface area is 174 Å². The first-order chi connectivity index (χ1) is 13.0. The van der Waals surface area contributed by atoms with Crippen molar-refractivity contribution >= 4 is 31.7 Å². The van der Waals surface area contributed by atoms with Gasteiger partial charge in [-0.1, -0.05) is 51.1 Å². The third kappa shape index (κ3) is 6.14. The molecule has 0 radical (unpaired) electrons. The summed E-state index contributed by atoms with van der Waals surface area (Å²) in [5.41, 5.74) is 0.935. The zero-order chi connectivity index (χ0) is 20.9. The van der Waals surface area contributed by atoms with Gasteiger partial charge in [0, 0.05) is 6.54 Å². The molecule has 1 aromatic carbocycles. The number of alkyl halides is 1. The molecule has 1 saturated heterocycles. The Balaban J connectivity index is 1.98. The van der Waals surface area contributed by atoms with E-state index in [0.29, 0.717) is 13.0 Å². The molecule has 0 aromatic heterocycles. The fraction of sp³-hybridized carbons (Fsp3) is 0.619. The van der Waals surface area contributed by atoms with E-state index >= 15 is 0 Å². The van der Waals surface area contributed by atoms with E-state index in [4.69, 9.17) is 20.8 Å². The van der Waals surface area contributed by atoms with Crippen LogP contribution in [0.2, 0.25) is 18.1 Å². The SMILES string of the molecule is CC(C)(C)[Si](C)(C)OC1C[C@H](C(=O)CCl)N(CC(=O)OCc2ccccc2)C1. The molecule has 2 rings (SSSR count). The fourth-order valence-electron chi connectivity index (χ4n) is 3.09. The molecule has 0 aliphatic carbocycles. The van der Waals surface area contributed by atoms with Crippen molar-refractivity contribution in [2.45, 2.75) is 64.1 Å². The molecule has 7 heteroatoms. The van der Waals surface area contributed by atoms with Crippen molar-refractivity contribution in [3.8, 4) is 0 Å². The number of halogens is 1. The molecule has 1 aliphatic heterocycles. The second-order valence-corrected chi connectivity index (χ2v) is 14.0. The van der Waals surface area contributed by atoms with Crippen molar-refractivity contribution < 1.29 is 18.8 Å². The first kappa shape index (κ1) is 23.1. The quantitative estimate of drug-likeness (QED) is 0.358. The lowest BCUT2D eigenvalue weighted by Gasteiger charge is -2.38. The molecule has 28 heavy (non-hydrogen) atoms. The van der Waals surface area contributed by atoms with Crippen LogP contribution in [0.25, 0.3) is 0 Å². The van der Waals surface area contributed by atoms with Crippen LogP contribution >= 0.6 is 11.6 Å². The summed E-state index contributed by atoms with van der Waals surface area (Å²) in [4.78, 5) is 26.5. The van der Waals surface area contributed by atoms with Crippen LogP contribution < -0.4 is 0 Å². The topological polar surface area (TPSA) is 55.8 Å². The molecule has 1 fully saturated rings. The van der Waals surface area contributed by atoms with Gasteiger partial charge in [0.05, 0.1) is 24.6 Å². The summed E-state index contributed by atoms with van der Waals surface area (Å²) in [5, 5.41) is 0.0843. The monoisotopic (exact) mass is 425 g/mol. The number of ketones is 1. The van der Waals surface area contributed by atoms with E-state index in [0.717, 1.165) is 5.56 Å². The molecule has 1 heterocycles. The Kier molecular flexibility index (Phi) is 7.85. The lowest BCUT2D eigenvalue weighted by Crippen LogP contribution is -2.44. The second kappa shape index (κ2) is 9.52. The van der Waals surface area contributed by atoms with Gasteiger partial charge < -0.3 is 9.16 Å². The average Bonchev–Trinajstić information content (AvgIpc) is 3.00. The molecular weight excluding hydrogens is 394 g/mol. The highest BCUT2D eigenvalue weighted by molar-refractivity contribution is 6.74. The van der Waals surface area contributed by atoms with Crippen LogP contribution in [0, 0.1) is 0 Å². The summed E-state index contributed by atoms with van der Waals surface area (Å²) in [7, 11) is -1.96. The van der Waals surface area contributed by atoms with E-state index in [2.05, 4.69) is 33.9 Å². The largest absolute Gasteiger partial charge is 0.460 e. The average molecular weight is 426 g/mol. The standard InChI is InChI=1S/C21H32ClNO4Si/c1-21(2,3)28(4,5)27-17-11-18(19(24)12-22)23(13-17)14-20(25)26-15-16-9-7-6-8-10-16/h6-10,17-18H,11-15H2,1-5H3/t17?,18-/m1/s1. The van der Waals surface area contributed by atoms with E-state index in [-0.39, 0.29) is 41.9 Å². The summed E-state index contributed by atoms with van der Waals surface area (Å²) < 4.78 is 11.9.